The summed E-state index contributed by atoms with van der Waals surface area (Å²) < 4.78 is 19.1. The molecule has 0 spiro atoms. The largest absolute Gasteiger partial charge is 0.479 e. The van der Waals surface area contributed by atoms with Gasteiger partial charge in [0.25, 0.3) is 11.5 Å². The molecule has 2 aromatic rings. The first kappa shape index (κ1) is 16.8. The number of hydrogen-bond acceptors (Lipinski definition) is 5. The third kappa shape index (κ3) is 3.56. The van der Waals surface area contributed by atoms with E-state index in [1.165, 1.54) is 41.3 Å². The molecule has 1 aliphatic heterocycles. The van der Waals surface area contributed by atoms with Crippen LogP contribution in [0.1, 0.15) is 10.5 Å². The molecule has 1 N–H and O–H groups in total. The Kier molecular flexibility index (Phi) is 4.57. The van der Waals surface area contributed by atoms with Gasteiger partial charge in [-0.1, -0.05) is 0 Å². The summed E-state index contributed by atoms with van der Waals surface area (Å²) in [5.74, 6) is -2.12. The predicted molar refractivity (Wildman–Crippen MR) is 83.1 cm³/mol. The number of carbonyl (C=O) groups is 2. The predicted octanol–water partition coefficient (Wildman–Crippen LogP) is 0.297. The monoisotopic (exact) mass is 347 g/mol. The first-order valence-electron chi connectivity index (χ1n) is 7.46. The number of carboxylic acid groups (broad SMARTS) is 1. The van der Waals surface area contributed by atoms with Gasteiger partial charge in [-0.3, -0.25) is 9.59 Å². The lowest BCUT2D eigenvalue weighted by Crippen LogP contribution is -2.49. The van der Waals surface area contributed by atoms with Crippen molar-refractivity contribution in [3.05, 3.63) is 58.3 Å². The zero-order valence-corrected chi connectivity index (χ0v) is 13.0. The SMILES string of the molecule is O=C(O)C1CN(C(=O)c2ccc(=O)n(-c3ccc(F)cc3)n2)CCO1. The molecule has 1 amide bonds. The highest BCUT2D eigenvalue weighted by Gasteiger charge is 2.30. The number of carboxylic acids is 1. The number of benzene rings is 1. The number of nitrogens with zero attached hydrogens (tertiary/aromatic N) is 3. The molecule has 25 heavy (non-hydrogen) atoms. The average molecular weight is 347 g/mol. The van der Waals surface area contributed by atoms with Gasteiger partial charge in [-0.15, -0.1) is 0 Å². The normalized spacial score (nSPS) is 17.3. The lowest BCUT2D eigenvalue weighted by molar-refractivity contribution is -0.154. The van der Waals surface area contributed by atoms with Crippen LogP contribution < -0.4 is 5.56 Å². The van der Waals surface area contributed by atoms with Gasteiger partial charge in [0.1, 0.15) is 11.5 Å². The molecule has 0 bridgehead atoms. The molecule has 1 saturated heterocycles. The standard InChI is InChI=1S/C16H14FN3O5/c17-10-1-3-11(4-2-10)20-14(21)6-5-12(18-20)15(22)19-7-8-25-13(9-19)16(23)24/h1-6,13H,7-9H2,(H,23,24). The van der Waals surface area contributed by atoms with Crippen molar-refractivity contribution in [3.63, 3.8) is 0 Å². The van der Waals surface area contributed by atoms with Gasteiger partial charge in [-0.2, -0.15) is 9.78 Å². The Morgan fingerprint density at radius 3 is 2.60 bits per heavy atom. The number of aromatic nitrogens is 2. The zero-order valence-electron chi connectivity index (χ0n) is 13.0. The van der Waals surface area contributed by atoms with E-state index >= 15 is 0 Å². The van der Waals surface area contributed by atoms with Crippen molar-refractivity contribution in [1.82, 2.24) is 14.7 Å². The van der Waals surface area contributed by atoms with E-state index in [1.54, 1.807) is 0 Å². The molecule has 2 heterocycles. The fraction of sp³-hybridized carbons (Fsp3) is 0.250. The minimum Gasteiger partial charge on any atom is -0.479 e. The van der Waals surface area contributed by atoms with Crippen molar-refractivity contribution in [2.75, 3.05) is 19.7 Å². The number of hydrogen-bond donors (Lipinski definition) is 1. The van der Waals surface area contributed by atoms with Crippen molar-refractivity contribution in [2.45, 2.75) is 6.10 Å². The molecule has 1 aliphatic rings. The van der Waals surface area contributed by atoms with Crippen LogP contribution in [-0.4, -0.2) is 57.5 Å². The Labute approximate surface area is 141 Å². The zero-order chi connectivity index (χ0) is 18.0. The maximum absolute atomic E-state index is 13.0. The van der Waals surface area contributed by atoms with E-state index in [-0.39, 0.29) is 25.4 Å². The quantitative estimate of drug-likeness (QED) is 0.857. The summed E-state index contributed by atoms with van der Waals surface area (Å²) in [4.78, 5) is 36.9. The van der Waals surface area contributed by atoms with Gasteiger partial charge in [0.15, 0.2) is 6.10 Å². The first-order valence-corrected chi connectivity index (χ1v) is 7.46. The molecule has 1 unspecified atom stereocenters. The van der Waals surface area contributed by atoms with Crippen LogP contribution in [0.3, 0.4) is 0 Å². The third-order valence-corrected chi connectivity index (χ3v) is 3.72. The van der Waals surface area contributed by atoms with Gasteiger partial charge in [-0.25, -0.2) is 9.18 Å². The highest BCUT2D eigenvalue weighted by Crippen LogP contribution is 2.10. The summed E-state index contributed by atoms with van der Waals surface area (Å²) >= 11 is 0. The van der Waals surface area contributed by atoms with Crippen LogP contribution in [0.25, 0.3) is 5.69 Å². The summed E-state index contributed by atoms with van der Waals surface area (Å²) in [5, 5.41) is 13.0. The van der Waals surface area contributed by atoms with Crippen LogP contribution in [-0.2, 0) is 9.53 Å². The average Bonchev–Trinajstić information content (AvgIpc) is 2.62. The molecular formula is C16H14FN3O5. The molecule has 0 radical (unpaired) electrons. The Balaban J connectivity index is 1.89. The van der Waals surface area contributed by atoms with Crippen molar-refractivity contribution in [2.24, 2.45) is 0 Å². The molecular weight excluding hydrogens is 333 g/mol. The summed E-state index contributed by atoms with van der Waals surface area (Å²) in [5.41, 5.74) is -0.185. The maximum Gasteiger partial charge on any atom is 0.334 e. The van der Waals surface area contributed by atoms with E-state index in [0.29, 0.717) is 5.69 Å². The molecule has 3 rings (SSSR count). The number of carbonyl (C=O) groups excluding carboxylic acids is 1. The van der Waals surface area contributed by atoms with Crippen LogP contribution in [0.4, 0.5) is 4.39 Å². The number of ether oxygens (including phenoxy) is 1. The van der Waals surface area contributed by atoms with Gasteiger partial charge < -0.3 is 14.7 Å². The second kappa shape index (κ2) is 6.81. The maximum atomic E-state index is 13.0. The molecule has 1 fully saturated rings. The molecule has 0 aliphatic carbocycles. The minimum absolute atomic E-state index is 0.0186. The molecule has 1 atom stereocenters. The van der Waals surface area contributed by atoms with E-state index in [4.69, 9.17) is 9.84 Å². The van der Waals surface area contributed by atoms with Crippen molar-refractivity contribution < 1.29 is 23.8 Å². The Morgan fingerprint density at radius 1 is 1.20 bits per heavy atom. The number of rotatable bonds is 3. The van der Waals surface area contributed by atoms with Gasteiger partial charge >= 0.3 is 5.97 Å². The van der Waals surface area contributed by atoms with Crippen LogP contribution in [0.5, 0.6) is 0 Å². The molecule has 0 saturated carbocycles. The molecule has 1 aromatic carbocycles. The molecule has 8 nitrogen and oxygen atoms in total. The third-order valence-electron chi connectivity index (χ3n) is 3.72. The Morgan fingerprint density at radius 2 is 1.92 bits per heavy atom. The molecule has 9 heteroatoms. The van der Waals surface area contributed by atoms with E-state index in [2.05, 4.69) is 5.10 Å². The second-order valence-corrected chi connectivity index (χ2v) is 5.39. The molecule has 1 aromatic heterocycles. The van der Waals surface area contributed by atoms with Crippen molar-refractivity contribution in [3.8, 4) is 5.69 Å². The van der Waals surface area contributed by atoms with Gasteiger partial charge in [0, 0.05) is 12.6 Å². The number of amides is 1. The van der Waals surface area contributed by atoms with E-state index in [1.807, 2.05) is 0 Å². The lowest BCUT2D eigenvalue weighted by Gasteiger charge is -2.30. The van der Waals surface area contributed by atoms with Crippen LogP contribution >= 0.6 is 0 Å². The number of halogens is 1. The summed E-state index contributed by atoms with van der Waals surface area (Å²) in [6.07, 6.45) is -1.10. The smallest absolute Gasteiger partial charge is 0.334 e. The van der Waals surface area contributed by atoms with Crippen LogP contribution in [0, 0.1) is 5.82 Å². The fourth-order valence-electron chi connectivity index (χ4n) is 2.44. The summed E-state index contributed by atoms with van der Waals surface area (Å²) in [7, 11) is 0. The summed E-state index contributed by atoms with van der Waals surface area (Å²) in [6, 6.07) is 7.55. The first-order chi connectivity index (χ1) is 12.0. The van der Waals surface area contributed by atoms with E-state index in [9.17, 15) is 18.8 Å². The van der Waals surface area contributed by atoms with Crippen LogP contribution in [0.15, 0.2) is 41.2 Å². The Bertz CT molecular complexity index is 865. The highest BCUT2D eigenvalue weighted by atomic mass is 19.1. The van der Waals surface area contributed by atoms with Gasteiger partial charge in [0.05, 0.1) is 18.8 Å². The number of aliphatic carboxylic acids is 1. The van der Waals surface area contributed by atoms with Gasteiger partial charge in [-0.05, 0) is 30.3 Å². The second-order valence-electron chi connectivity index (χ2n) is 5.39. The fourth-order valence-corrected chi connectivity index (χ4v) is 2.44. The van der Waals surface area contributed by atoms with Crippen LogP contribution in [0.2, 0.25) is 0 Å². The minimum atomic E-state index is -1.15. The van der Waals surface area contributed by atoms with Crippen molar-refractivity contribution in [1.29, 1.82) is 0 Å². The topological polar surface area (TPSA) is 102 Å². The van der Waals surface area contributed by atoms with Gasteiger partial charge in [0.2, 0.25) is 0 Å². The van der Waals surface area contributed by atoms with E-state index in [0.717, 1.165) is 4.68 Å². The molecule has 130 valence electrons. The number of morpholine rings is 1. The van der Waals surface area contributed by atoms with Crippen molar-refractivity contribution >= 4 is 11.9 Å². The lowest BCUT2D eigenvalue weighted by atomic mass is 10.2. The summed E-state index contributed by atoms with van der Waals surface area (Å²) in [6.45, 7) is 0.214. The van der Waals surface area contributed by atoms with E-state index < -0.39 is 29.4 Å². The highest BCUT2D eigenvalue weighted by molar-refractivity contribution is 5.92. The Hall–Kier alpha value is -3.07.